The van der Waals surface area contributed by atoms with E-state index < -0.39 is 6.10 Å². The maximum absolute atomic E-state index is 11.5. The van der Waals surface area contributed by atoms with Gasteiger partial charge in [0.2, 0.25) is 5.91 Å². The lowest BCUT2D eigenvalue weighted by Gasteiger charge is -2.24. The first-order valence-electron chi connectivity index (χ1n) is 7.47. The first-order chi connectivity index (χ1) is 10.1. The standard InChI is InChI=1S/C16H24N2O3/c1-17(10-11-21-15-6-3-2-4-7-15)12-14(19)13-18-9-5-8-16(18)20/h2-4,6-7,14,19H,5,8-13H2,1H3. The molecule has 0 aromatic heterocycles. The summed E-state index contributed by atoms with van der Waals surface area (Å²) in [6.07, 6.45) is 1.02. The molecule has 1 amide bonds. The van der Waals surface area contributed by atoms with Crippen LogP contribution < -0.4 is 4.74 Å². The Morgan fingerprint density at radius 2 is 2.14 bits per heavy atom. The molecule has 5 heteroatoms. The van der Waals surface area contributed by atoms with Crippen LogP contribution in [-0.4, -0.2) is 66.8 Å². The van der Waals surface area contributed by atoms with Crippen molar-refractivity contribution in [3.8, 4) is 5.75 Å². The molecule has 0 bridgehead atoms. The molecule has 1 aromatic carbocycles. The summed E-state index contributed by atoms with van der Waals surface area (Å²) in [7, 11) is 1.95. The molecule has 0 saturated carbocycles. The van der Waals surface area contributed by atoms with Crippen molar-refractivity contribution in [2.45, 2.75) is 18.9 Å². The molecule has 1 fully saturated rings. The van der Waals surface area contributed by atoms with Crippen LogP contribution in [0.25, 0.3) is 0 Å². The van der Waals surface area contributed by atoms with Crippen LogP contribution in [0.4, 0.5) is 0 Å². The Bertz CT molecular complexity index is 438. The average molecular weight is 292 g/mol. The molecule has 1 aliphatic rings. The fourth-order valence-electron chi connectivity index (χ4n) is 2.50. The van der Waals surface area contributed by atoms with Gasteiger partial charge in [-0.05, 0) is 25.6 Å². The largest absolute Gasteiger partial charge is 0.492 e. The van der Waals surface area contributed by atoms with Gasteiger partial charge in [-0.25, -0.2) is 0 Å². The molecule has 1 aliphatic heterocycles. The van der Waals surface area contributed by atoms with Crippen molar-refractivity contribution in [2.24, 2.45) is 0 Å². The van der Waals surface area contributed by atoms with Crippen molar-refractivity contribution in [3.63, 3.8) is 0 Å². The molecule has 0 spiro atoms. The Labute approximate surface area is 126 Å². The van der Waals surface area contributed by atoms with Crippen molar-refractivity contribution in [2.75, 3.05) is 39.8 Å². The van der Waals surface area contributed by atoms with E-state index in [4.69, 9.17) is 4.74 Å². The van der Waals surface area contributed by atoms with E-state index in [0.29, 0.717) is 26.1 Å². The molecule has 1 N–H and O–H groups in total. The fraction of sp³-hybridized carbons (Fsp3) is 0.562. The molecule has 1 saturated heterocycles. The first kappa shape index (κ1) is 15.8. The molecular weight excluding hydrogens is 268 g/mol. The molecule has 1 aromatic rings. The molecule has 2 rings (SSSR count). The van der Waals surface area contributed by atoms with Gasteiger partial charge in [-0.2, -0.15) is 0 Å². The minimum atomic E-state index is -0.506. The summed E-state index contributed by atoms with van der Waals surface area (Å²) in [5, 5.41) is 10.0. The number of aliphatic hydroxyl groups is 1. The van der Waals surface area contributed by atoms with Gasteiger partial charge in [0.1, 0.15) is 12.4 Å². The van der Waals surface area contributed by atoms with E-state index in [9.17, 15) is 9.90 Å². The topological polar surface area (TPSA) is 53.0 Å². The number of aliphatic hydroxyl groups excluding tert-OH is 1. The van der Waals surface area contributed by atoms with Crippen molar-refractivity contribution >= 4 is 5.91 Å². The first-order valence-corrected chi connectivity index (χ1v) is 7.47. The third kappa shape index (κ3) is 5.36. The Balaban J connectivity index is 1.62. The molecule has 21 heavy (non-hydrogen) atoms. The van der Waals surface area contributed by atoms with Gasteiger partial charge in [-0.3, -0.25) is 4.79 Å². The van der Waals surface area contributed by atoms with Crippen LogP contribution in [0.3, 0.4) is 0 Å². The smallest absolute Gasteiger partial charge is 0.222 e. The number of carbonyl (C=O) groups excluding carboxylic acids is 1. The highest BCUT2D eigenvalue weighted by molar-refractivity contribution is 5.78. The van der Waals surface area contributed by atoms with Crippen molar-refractivity contribution in [1.82, 2.24) is 9.80 Å². The van der Waals surface area contributed by atoms with Crippen LogP contribution in [0.5, 0.6) is 5.75 Å². The van der Waals surface area contributed by atoms with Gasteiger partial charge in [0.05, 0.1) is 6.10 Å². The van der Waals surface area contributed by atoms with Crippen molar-refractivity contribution < 1.29 is 14.6 Å². The molecule has 0 radical (unpaired) electrons. The Morgan fingerprint density at radius 3 is 2.81 bits per heavy atom. The maximum atomic E-state index is 11.5. The lowest BCUT2D eigenvalue weighted by molar-refractivity contribution is -0.129. The summed E-state index contributed by atoms with van der Waals surface area (Å²) >= 11 is 0. The van der Waals surface area contributed by atoms with Crippen LogP contribution in [0.15, 0.2) is 30.3 Å². The van der Waals surface area contributed by atoms with E-state index in [2.05, 4.69) is 0 Å². The maximum Gasteiger partial charge on any atom is 0.222 e. The number of hydrogen-bond acceptors (Lipinski definition) is 4. The number of β-amino-alcohol motifs (C(OH)–C–C–N with tert-alkyl or cyclic N) is 1. The lowest BCUT2D eigenvalue weighted by Crippen LogP contribution is -2.40. The summed E-state index contributed by atoms with van der Waals surface area (Å²) in [6, 6.07) is 9.68. The predicted octanol–water partition coefficient (Wildman–Crippen LogP) is 0.980. The minimum absolute atomic E-state index is 0.157. The number of rotatable bonds is 8. The normalized spacial score (nSPS) is 16.5. The number of amides is 1. The number of benzene rings is 1. The number of likely N-dealkylation sites (N-methyl/N-ethyl adjacent to an activating group) is 1. The van der Waals surface area contributed by atoms with E-state index in [1.54, 1.807) is 4.90 Å². The third-order valence-corrected chi connectivity index (χ3v) is 3.61. The van der Waals surface area contributed by atoms with Gasteiger partial charge in [-0.15, -0.1) is 0 Å². The van der Waals surface area contributed by atoms with Crippen LogP contribution >= 0.6 is 0 Å². The molecule has 0 aliphatic carbocycles. The second-order valence-corrected chi connectivity index (χ2v) is 5.52. The zero-order chi connectivity index (χ0) is 15.1. The highest BCUT2D eigenvalue weighted by Gasteiger charge is 2.22. The molecular formula is C16H24N2O3. The average Bonchev–Trinajstić information content (AvgIpc) is 2.85. The fourth-order valence-corrected chi connectivity index (χ4v) is 2.50. The van der Waals surface area contributed by atoms with Crippen LogP contribution in [0.2, 0.25) is 0 Å². The van der Waals surface area contributed by atoms with Crippen LogP contribution in [-0.2, 0) is 4.79 Å². The molecule has 116 valence electrons. The summed E-state index contributed by atoms with van der Waals surface area (Å²) in [5.74, 6) is 1.01. The van der Waals surface area contributed by atoms with Crippen LogP contribution in [0.1, 0.15) is 12.8 Å². The third-order valence-electron chi connectivity index (χ3n) is 3.61. The summed E-state index contributed by atoms with van der Waals surface area (Å²) < 4.78 is 5.62. The zero-order valence-corrected chi connectivity index (χ0v) is 12.6. The van der Waals surface area contributed by atoms with Gasteiger partial charge in [0.15, 0.2) is 0 Å². The molecule has 1 unspecified atom stereocenters. The predicted molar refractivity (Wildman–Crippen MR) is 81.3 cm³/mol. The number of likely N-dealkylation sites (tertiary alicyclic amines) is 1. The van der Waals surface area contributed by atoms with Crippen molar-refractivity contribution in [3.05, 3.63) is 30.3 Å². The monoisotopic (exact) mass is 292 g/mol. The Morgan fingerprint density at radius 1 is 1.38 bits per heavy atom. The minimum Gasteiger partial charge on any atom is -0.492 e. The SMILES string of the molecule is CN(CCOc1ccccc1)CC(O)CN1CCCC1=O. The number of nitrogens with zero attached hydrogens (tertiary/aromatic N) is 2. The van der Waals surface area contributed by atoms with E-state index in [-0.39, 0.29) is 5.91 Å². The van der Waals surface area contributed by atoms with Crippen LogP contribution in [0, 0.1) is 0 Å². The van der Waals surface area contributed by atoms with E-state index >= 15 is 0 Å². The van der Waals surface area contributed by atoms with Gasteiger partial charge in [0.25, 0.3) is 0 Å². The second kappa shape index (κ2) is 8.00. The second-order valence-electron chi connectivity index (χ2n) is 5.52. The zero-order valence-electron chi connectivity index (χ0n) is 12.6. The Hall–Kier alpha value is -1.59. The van der Waals surface area contributed by atoms with Gasteiger partial charge in [-0.1, -0.05) is 18.2 Å². The van der Waals surface area contributed by atoms with E-state index in [0.717, 1.165) is 25.3 Å². The van der Waals surface area contributed by atoms with E-state index in [1.165, 1.54) is 0 Å². The van der Waals surface area contributed by atoms with Gasteiger partial charge in [0, 0.05) is 32.6 Å². The Kier molecular flexibility index (Phi) is 6.02. The summed E-state index contributed by atoms with van der Waals surface area (Å²) in [6.45, 7) is 3.07. The highest BCUT2D eigenvalue weighted by Crippen LogP contribution is 2.10. The number of hydrogen-bond donors (Lipinski definition) is 1. The number of para-hydroxylation sites is 1. The number of ether oxygens (including phenoxy) is 1. The molecule has 1 heterocycles. The molecule has 5 nitrogen and oxygen atoms in total. The summed E-state index contributed by atoms with van der Waals surface area (Å²) in [5.41, 5.74) is 0. The van der Waals surface area contributed by atoms with Crippen molar-refractivity contribution in [1.29, 1.82) is 0 Å². The quantitative estimate of drug-likeness (QED) is 0.776. The molecule has 1 atom stereocenters. The number of carbonyl (C=O) groups is 1. The highest BCUT2D eigenvalue weighted by atomic mass is 16.5. The van der Waals surface area contributed by atoms with Gasteiger partial charge >= 0.3 is 0 Å². The summed E-state index contributed by atoms with van der Waals surface area (Å²) in [4.78, 5) is 15.3. The van der Waals surface area contributed by atoms with E-state index in [1.807, 2.05) is 42.3 Å². The van der Waals surface area contributed by atoms with Gasteiger partial charge < -0.3 is 19.6 Å². The lowest BCUT2D eigenvalue weighted by atomic mass is 10.3.